The van der Waals surface area contributed by atoms with Gasteiger partial charge in [-0.1, -0.05) is 23.4 Å². The largest absolute Gasteiger partial charge is 0.394 e. The molecular weight excluding hydrogens is 422 g/mol. The van der Waals surface area contributed by atoms with Gasteiger partial charge in [0.05, 0.1) is 17.9 Å². The first-order valence-electron chi connectivity index (χ1n) is 7.58. The van der Waals surface area contributed by atoms with Crippen molar-refractivity contribution < 1.29 is 22.3 Å². The molecule has 0 aliphatic heterocycles. The summed E-state index contributed by atoms with van der Waals surface area (Å²) < 4.78 is 52.6. The van der Waals surface area contributed by atoms with Crippen molar-refractivity contribution >= 4 is 45.0 Å². The highest BCUT2D eigenvalue weighted by Gasteiger charge is 2.15. The fourth-order valence-corrected chi connectivity index (χ4v) is 3.61. The molecule has 7 nitrogen and oxygen atoms in total. The number of hydrogen-bond donors (Lipinski definition) is 3. The van der Waals surface area contributed by atoms with E-state index in [9.17, 15) is 17.2 Å². The molecule has 0 spiro atoms. The highest BCUT2D eigenvalue weighted by Crippen LogP contribution is 2.30. The number of aliphatic hydroxyl groups is 1. The second-order valence-corrected chi connectivity index (χ2v) is 8.70. The zero-order valence-corrected chi connectivity index (χ0v) is 16.7. The maximum Gasteiger partial charge on any atom is 0.230 e. The van der Waals surface area contributed by atoms with Crippen molar-refractivity contribution in [1.29, 1.82) is 0 Å². The first-order chi connectivity index (χ1) is 12.6. The molecule has 0 amide bonds. The Labute approximate surface area is 164 Å². The minimum absolute atomic E-state index is 0.00606. The molecule has 0 fully saturated rings. The molecule has 3 N–H and O–H groups in total. The summed E-state index contributed by atoms with van der Waals surface area (Å²) in [6.07, 6.45) is 0.966. The van der Waals surface area contributed by atoms with Crippen LogP contribution in [0.15, 0.2) is 23.4 Å². The molecule has 0 saturated carbocycles. The van der Waals surface area contributed by atoms with Crippen molar-refractivity contribution in [2.75, 3.05) is 22.9 Å². The fraction of sp³-hybridized carbons (Fsp3) is 0.333. The maximum atomic E-state index is 13.9. The monoisotopic (exact) mass is 438 g/mol. The van der Waals surface area contributed by atoms with Gasteiger partial charge in [-0.15, -0.1) is 0 Å². The summed E-state index contributed by atoms with van der Waals surface area (Å²) >= 11 is 6.75. The van der Waals surface area contributed by atoms with E-state index in [1.165, 1.54) is 6.07 Å². The number of aliphatic hydroxyl groups excluding tert-OH is 1. The fourth-order valence-electron chi connectivity index (χ4n) is 1.94. The number of halogens is 3. The molecule has 12 heteroatoms. The van der Waals surface area contributed by atoms with Gasteiger partial charge < -0.3 is 10.4 Å². The SMILES string of the molecule is C[C@H](CO)Nc1cc(NS(C)(=O)=O)nc(SCc2c(F)ccc(F)c2Cl)n1. The van der Waals surface area contributed by atoms with Crippen molar-refractivity contribution in [3.63, 3.8) is 0 Å². The number of aromatic nitrogens is 2. The summed E-state index contributed by atoms with van der Waals surface area (Å²) in [6, 6.07) is 2.90. The molecule has 1 aromatic carbocycles. The lowest BCUT2D eigenvalue weighted by Crippen LogP contribution is -2.21. The number of anilines is 2. The van der Waals surface area contributed by atoms with E-state index >= 15 is 0 Å². The van der Waals surface area contributed by atoms with Crippen molar-refractivity contribution in [1.82, 2.24) is 9.97 Å². The van der Waals surface area contributed by atoms with E-state index in [0.29, 0.717) is 0 Å². The molecule has 0 bridgehead atoms. The lowest BCUT2D eigenvalue weighted by atomic mass is 10.2. The Morgan fingerprint density at radius 2 is 1.89 bits per heavy atom. The van der Waals surface area contributed by atoms with Gasteiger partial charge in [0.25, 0.3) is 0 Å². The van der Waals surface area contributed by atoms with Crippen LogP contribution in [0.5, 0.6) is 0 Å². The second-order valence-electron chi connectivity index (χ2n) is 5.63. The number of nitrogens with zero attached hydrogens (tertiary/aromatic N) is 2. The summed E-state index contributed by atoms with van der Waals surface area (Å²) in [7, 11) is -3.59. The third kappa shape index (κ3) is 6.45. The predicted octanol–water partition coefficient (Wildman–Crippen LogP) is 2.86. The van der Waals surface area contributed by atoms with Crippen molar-refractivity contribution in [3.8, 4) is 0 Å². The van der Waals surface area contributed by atoms with E-state index in [0.717, 1.165) is 30.2 Å². The van der Waals surface area contributed by atoms with Crippen LogP contribution in [0.1, 0.15) is 12.5 Å². The van der Waals surface area contributed by atoms with Crippen LogP contribution in [0.2, 0.25) is 5.02 Å². The number of nitrogens with one attached hydrogen (secondary N) is 2. The van der Waals surface area contributed by atoms with Gasteiger partial charge in [0.1, 0.15) is 23.3 Å². The summed E-state index contributed by atoms with van der Waals surface area (Å²) in [5.41, 5.74) is -0.0509. The first-order valence-corrected chi connectivity index (χ1v) is 10.8. The second kappa shape index (κ2) is 9.00. The number of sulfonamides is 1. The van der Waals surface area contributed by atoms with E-state index < -0.39 is 21.7 Å². The lowest BCUT2D eigenvalue weighted by molar-refractivity contribution is 0.281. The molecule has 2 aromatic rings. The Morgan fingerprint density at radius 1 is 1.26 bits per heavy atom. The predicted molar refractivity (Wildman–Crippen MR) is 102 cm³/mol. The molecule has 1 atom stereocenters. The number of thioether (sulfide) groups is 1. The Balaban J connectivity index is 2.30. The lowest BCUT2D eigenvalue weighted by Gasteiger charge is -2.14. The minimum Gasteiger partial charge on any atom is -0.394 e. The smallest absolute Gasteiger partial charge is 0.230 e. The van der Waals surface area contributed by atoms with Gasteiger partial charge in [0.2, 0.25) is 10.0 Å². The molecule has 0 unspecified atom stereocenters. The van der Waals surface area contributed by atoms with Crippen LogP contribution in [-0.2, 0) is 15.8 Å². The molecule has 148 valence electrons. The van der Waals surface area contributed by atoms with Gasteiger partial charge in [0.15, 0.2) is 5.16 Å². The van der Waals surface area contributed by atoms with E-state index in [4.69, 9.17) is 16.7 Å². The number of hydrogen-bond acceptors (Lipinski definition) is 7. The van der Waals surface area contributed by atoms with Gasteiger partial charge in [-0.2, -0.15) is 0 Å². The van der Waals surface area contributed by atoms with E-state index in [1.54, 1.807) is 6.92 Å². The van der Waals surface area contributed by atoms with Crippen LogP contribution in [0, 0.1) is 11.6 Å². The van der Waals surface area contributed by atoms with Gasteiger partial charge >= 0.3 is 0 Å². The quantitative estimate of drug-likeness (QED) is 0.330. The first kappa shape index (κ1) is 21.6. The zero-order chi connectivity index (χ0) is 20.2. The molecule has 2 rings (SSSR count). The van der Waals surface area contributed by atoms with Gasteiger partial charge in [-0.3, -0.25) is 4.72 Å². The molecule has 27 heavy (non-hydrogen) atoms. The molecule has 1 aromatic heterocycles. The van der Waals surface area contributed by atoms with Crippen molar-refractivity contribution in [2.24, 2.45) is 0 Å². The van der Waals surface area contributed by atoms with E-state index in [2.05, 4.69) is 20.0 Å². The van der Waals surface area contributed by atoms with Gasteiger partial charge in [-0.25, -0.2) is 27.2 Å². The topological polar surface area (TPSA) is 104 Å². The Hall–Kier alpha value is -1.69. The number of benzene rings is 1. The Bertz CT molecular complexity index is 932. The normalized spacial score (nSPS) is 12.7. The van der Waals surface area contributed by atoms with Crippen LogP contribution in [0.3, 0.4) is 0 Å². The number of rotatable bonds is 8. The average Bonchev–Trinajstić information content (AvgIpc) is 2.56. The Kier molecular flexibility index (Phi) is 7.20. The third-order valence-electron chi connectivity index (χ3n) is 3.15. The average molecular weight is 439 g/mol. The summed E-state index contributed by atoms with van der Waals surface area (Å²) in [4.78, 5) is 8.23. The molecule has 1 heterocycles. The van der Waals surface area contributed by atoms with E-state index in [1.807, 2.05) is 0 Å². The van der Waals surface area contributed by atoms with Crippen molar-refractivity contribution in [2.45, 2.75) is 23.9 Å². The minimum atomic E-state index is -3.59. The standard InChI is InChI=1S/C15H17ClF2N4O3S2/c1-8(6-23)19-12-5-13(22-27(2,24)25)21-15(20-12)26-7-9-10(17)3-4-11(18)14(9)16/h3-5,8,23H,6-7H2,1-2H3,(H2,19,20,21,22)/t8-/m1/s1. The van der Waals surface area contributed by atoms with Crippen LogP contribution >= 0.6 is 23.4 Å². The van der Waals surface area contributed by atoms with Crippen LogP contribution in [-0.4, -0.2) is 42.4 Å². The van der Waals surface area contributed by atoms with Crippen LogP contribution in [0.4, 0.5) is 20.4 Å². The molecular formula is C15H17ClF2N4O3S2. The third-order valence-corrected chi connectivity index (χ3v) is 5.01. The summed E-state index contributed by atoms with van der Waals surface area (Å²) in [5, 5.41) is 11.8. The summed E-state index contributed by atoms with van der Waals surface area (Å²) in [6.45, 7) is 1.52. The van der Waals surface area contributed by atoms with Crippen LogP contribution in [0.25, 0.3) is 0 Å². The maximum absolute atomic E-state index is 13.9. The van der Waals surface area contributed by atoms with Gasteiger partial charge in [-0.05, 0) is 19.1 Å². The van der Waals surface area contributed by atoms with Crippen molar-refractivity contribution in [3.05, 3.63) is 40.4 Å². The molecule has 0 aliphatic rings. The highest BCUT2D eigenvalue weighted by atomic mass is 35.5. The van der Waals surface area contributed by atoms with Crippen LogP contribution < -0.4 is 10.0 Å². The summed E-state index contributed by atoms with van der Waals surface area (Å²) in [5.74, 6) is -1.24. The zero-order valence-electron chi connectivity index (χ0n) is 14.3. The molecule has 0 aliphatic carbocycles. The van der Waals surface area contributed by atoms with E-state index in [-0.39, 0.29) is 45.8 Å². The Morgan fingerprint density at radius 3 is 2.52 bits per heavy atom. The highest BCUT2D eigenvalue weighted by molar-refractivity contribution is 7.98. The molecule has 0 saturated heterocycles. The molecule has 0 radical (unpaired) electrons. The van der Waals surface area contributed by atoms with Gasteiger partial charge in [0, 0.05) is 23.4 Å².